The van der Waals surface area contributed by atoms with Crippen LogP contribution in [0.4, 0.5) is 0 Å². The lowest BCUT2D eigenvalue weighted by molar-refractivity contribution is 0.344. The van der Waals surface area contributed by atoms with Crippen LogP contribution in [-0.2, 0) is 6.42 Å². The molecule has 0 unspecified atom stereocenters. The molecule has 1 fully saturated rings. The predicted octanol–water partition coefficient (Wildman–Crippen LogP) is 1.16. The minimum absolute atomic E-state index is 0.234. The van der Waals surface area contributed by atoms with Crippen molar-refractivity contribution in [1.29, 1.82) is 0 Å². The maximum atomic E-state index is 9.55. The summed E-state index contributed by atoms with van der Waals surface area (Å²) in [5.74, 6) is 1.50. The van der Waals surface area contributed by atoms with Gasteiger partial charge in [-0.2, -0.15) is 0 Å². The number of ether oxygens (including phenoxy) is 1. The molecule has 0 aromatic heterocycles. The van der Waals surface area contributed by atoms with Crippen LogP contribution >= 0.6 is 0 Å². The molecule has 1 heterocycles. The summed E-state index contributed by atoms with van der Waals surface area (Å²) in [6, 6.07) is 5.62. The Morgan fingerprint density at radius 1 is 1.50 bits per heavy atom. The van der Waals surface area contributed by atoms with Crippen LogP contribution in [0.3, 0.4) is 0 Å². The molecule has 0 saturated carbocycles. The average molecular weight is 193 g/mol. The third-order valence-corrected chi connectivity index (χ3v) is 2.63. The van der Waals surface area contributed by atoms with E-state index in [0.717, 1.165) is 25.4 Å². The Bertz CT molecular complexity index is 321. The summed E-state index contributed by atoms with van der Waals surface area (Å²) in [6.07, 6.45) is 1.03. The van der Waals surface area contributed by atoms with Crippen LogP contribution < -0.4 is 10.1 Å². The summed E-state index contributed by atoms with van der Waals surface area (Å²) >= 11 is 0. The van der Waals surface area contributed by atoms with Gasteiger partial charge in [0.1, 0.15) is 0 Å². The molecule has 3 nitrogen and oxygen atoms in total. The second kappa shape index (κ2) is 3.88. The van der Waals surface area contributed by atoms with Crippen molar-refractivity contribution >= 4 is 0 Å². The highest BCUT2D eigenvalue weighted by atomic mass is 16.5. The normalized spacial score (nSPS) is 16.4. The lowest BCUT2D eigenvalue weighted by Crippen LogP contribution is -2.43. The van der Waals surface area contributed by atoms with E-state index in [1.54, 1.807) is 13.2 Å². The van der Waals surface area contributed by atoms with E-state index < -0.39 is 0 Å². The summed E-state index contributed by atoms with van der Waals surface area (Å²) in [4.78, 5) is 0. The summed E-state index contributed by atoms with van der Waals surface area (Å²) < 4.78 is 4.98. The van der Waals surface area contributed by atoms with Gasteiger partial charge in [-0.15, -0.1) is 0 Å². The number of aromatic hydroxyl groups is 1. The van der Waals surface area contributed by atoms with Crippen molar-refractivity contribution < 1.29 is 9.84 Å². The number of methoxy groups -OCH3 is 1. The number of nitrogens with one attached hydrogen (secondary N) is 1. The van der Waals surface area contributed by atoms with Gasteiger partial charge in [0.2, 0.25) is 0 Å². The fourth-order valence-electron chi connectivity index (χ4n) is 1.69. The first-order valence-electron chi connectivity index (χ1n) is 4.86. The summed E-state index contributed by atoms with van der Waals surface area (Å²) in [6.45, 7) is 2.18. The van der Waals surface area contributed by atoms with E-state index in [-0.39, 0.29) is 5.75 Å². The van der Waals surface area contributed by atoms with Gasteiger partial charge in [0, 0.05) is 0 Å². The van der Waals surface area contributed by atoms with Crippen LogP contribution in [0.5, 0.6) is 11.5 Å². The minimum atomic E-state index is 0.234. The van der Waals surface area contributed by atoms with Crippen molar-refractivity contribution in [2.24, 2.45) is 5.92 Å². The van der Waals surface area contributed by atoms with Gasteiger partial charge in [-0.25, -0.2) is 0 Å². The molecule has 3 heteroatoms. The number of hydrogen-bond acceptors (Lipinski definition) is 3. The number of phenolic OH excluding ortho intramolecular Hbond substituents is 1. The molecule has 0 aliphatic carbocycles. The third-order valence-electron chi connectivity index (χ3n) is 2.63. The van der Waals surface area contributed by atoms with E-state index in [9.17, 15) is 5.11 Å². The monoisotopic (exact) mass is 193 g/mol. The molecule has 1 saturated heterocycles. The molecule has 1 aliphatic heterocycles. The fourth-order valence-corrected chi connectivity index (χ4v) is 1.69. The Balaban J connectivity index is 2.07. The molecule has 2 N–H and O–H groups in total. The Morgan fingerprint density at radius 3 is 2.79 bits per heavy atom. The SMILES string of the molecule is COc1ccc(CC2CNC2)cc1O. The molecule has 0 bridgehead atoms. The zero-order chi connectivity index (χ0) is 9.97. The number of rotatable bonds is 3. The van der Waals surface area contributed by atoms with Crippen molar-refractivity contribution in [2.75, 3.05) is 20.2 Å². The molecule has 0 radical (unpaired) electrons. The van der Waals surface area contributed by atoms with Gasteiger partial charge in [0.15, 0.2) is 11.5 Å². The molecule has 0 amide bonds. The lowest BCUT2D eigenvalue weighted by Gasteiger charge is -2.27. The van der Waals surface area contributed by atoms with Crippen LogP contribution in [-0.4, -0.2) is 25.3 Å². The molecule has 1 aromatic carbocycles. The topological polar surface area (TPSA) is 41.5 Å². The Hall–Kier alpha value is -1.22. The first-order chi connectivity index (χ1) is 6.79. The standard InChI is InChI=1S/C11H15NO2/c1-14-11-3-2-8(5-10(11)13)4-9-6-12-7-9/h2-3,5,9,12-13H,4,6-7H2,1H3. The van der Waals surface area contributed by atoms with Gasteiger partial charge in [-0.05, 0) is 43.1 Å². The van der Waals surface area contributed by atoms with E-state index >= 15 is 0 Å². The first kappa shape index (κ1) is 9.34. The highest BCUT2D eigenvalue weighted by Crippen LogP contribution is 2.27. The highest BCUT2D eigenvalue weighted by Gasteiger charge is 2.17. The second-order valence-electron chi connectivity index (χ2n) is 3.73. The Morgan fingerprint density at radius 2 is 2.29 bits per heavy atom. The lowest BCUT2D eigenvalue weighted by atomic mass is 9.94. The molecular formula is C11H15NO2. The third kappa shape index (κ3) is 1.82. The van der Waals surface area contributed by atoms with E-state index in [2.05, 4.69) is 5.32 Å². The largest absolute Gasteiger partial charge is 0.504 e. The van der Waals surface area contributed by atoms with E-state index in [1.807, 2.05) is 12.1 Å². The molecule has 2 rings (SSSR count). The van der Waals surface area contributed by atoms with Crippen LogP contribution in [0.1, 0.15) is 5.56 Å². The second-order valence-corrected chi connectivity index (χ2v) is 3.73. The smallest absolute Gasteiger partial charge is 0.160 e. The molecule has 14 heavy (non-hydrogen) atoms. The fraction of sp³-hybridized carbons (Fsp3) is 0.455. The van der Waals surface area contributed by atoms with E-state index in [1.165, 1.54) is 5.56 Å². The minimum Gasteiger partial charge on any atom is -0.504 e. The van der Waals surface area contributed by atoms with Crippen LogP contribution in [0.25, 0.3) is 0 Å². The number of hydrogen-bond donors (Lipinski definition) is 2. The summed E-state index contributed by atoms with van der Waals surface area (Å²) in [5.41, 5.74) is 1.18. The molecular weight excluding hydrogens is 178 g/mol. The van der Waals surface area contributed by atoms with Crippen molar-refractivity contribution in [2.45, 2.75) is 6.42 Å². The summed E-state index contributed by atoms with van der Waals surface area (Å²) in [5, 5.41) is 12.8. The zero-order valence-corrected chi connectivity index (χ0v) is 8.29. The number of phenols is 1. The van der Waals surface area contributed by atoms with Gasteiger partial charge in [0.05, 0.1) is 7.11 Å². The van der Waals surface area contributed by atoms with Gasteiger partial charge >= 0.3 is 0 Å². The Kier molecular flexibility index (Phi) is 2.59. The van der Waals surface area contributed by atoms with Crippen LogP contribution in [0.2, 0.25) is 0 Å². The molecule has 76 valence electrons. The van der Waals surface area contributed by atoms with Crippen molar-refractivity contribution in [1.82, 2.24) is 5.32 Å². The average Bonchev–Trinajstić information content (AvgIpc) is 2.12. The maximum Gasteiger partial charge on any atom is 0.160 e. The predicted molar refractivity (Wildman–Crippen MR) is 54.7 cm³/mol. The van der Waals surface area contributed by atoms with Crippen molar-refractivity contribution in [3.05, 3.63) is 23.8 Å². The number of benzene rings is 1. The van der Waals surface area contributed by atoms with Crippen molar-refractivity contribution in [3.63, 3.8) is 0 Å². The zero-order valence-electron chi connectivity index (χ0n) is 8.29. The molecule has 0 atom stereocenters. The van der Waals surface area contributed by atoms with Crippen LogP contribution in [0.15, 0.2) is 18.2 Å². The van der Waals surface area contributed by atoms with Gasteiger partial charge in [0.25, 0.3) is 0 Å². The maximum absolute atomic E-state index is 9.55. The Labute approximate surface area is 83.7 Å². The summed E-state index contributed by atoms with van der Waals surface area (Å²) in [7, 11) is 1.56. The van der Waals surface area contributed by atoms with E-state index in [4.69, 9.17) is 4.74 Å². The molecule has 1 aromatic rings. The van der Waals surface area contributed by atoms with Gasteiger partial charge < -0.3 is 15.2 Å². The quantitative estimate of drug-likeness (QED) is 0.757. The van der Waals surface area contributed by atoms with Gasteiger partial charge in [-0.3, -0.25) is 0 Å². The highest BCUT2D eigenvalue weighted by molar-refractivity contribution is 5.41. The van der Waals surface area contributed by atoms with Crippen LogP contribution in [0, 0.1) is 5.92 Å². The molecule has 1 aliphatic rings. The molecule has 0 spiro atoms. The van der Waals surface area contributed by atoms with Gasteiger partial charge in [-0.1, -0.05) is 6.07 Å². The van der Waals surface area contributed by atoms with Crippen molar-refractivity contribution in [3.8, 4) is 11.5 Å². The van der Waals surface area contributed by atoms with E-state index in [0.29, 0.717) is 5.75 Å². The first-order valence-corrected chi connectivity index (χ1v) is 4.86.